The molecule has 2 heterocycles. The zero-order chi connectivity index (χ0) is 14.7. The van der Waals surface area contributed by atoms with Gasteiger partial charge in [0.1, 0.15) is 18.2 Å². The Balaban J connectivity index is 1.68. The highest BCUT2D eigenvalue weighted by Gasteiger charge is 2.16. The highest BCUT2D eigenvalue weighted by atomic mass is 16.5. The van der Waals surface area contributed by atoms with Crippen molar-refractivity contribution in [2.24, 2.45) is 7.05 Å². The molecular formula is C16H21N3O2. The number of aryl methyl sites for hydroxylation is 1. The molecule has 0 radical (unpaired) electrons. The number of rotatable bonds is 4. The number of aromatic nitrogens is 2. The molecule has 0 bridgehead atoms. The van der Waals surface area contributed by atoms with Crippen molar-refractivity contribution in [2.75, 3.05) is 19.7 Å². The molecule has 1 aliphatic heterocycles. The van der Waals surface area contributed by atoms with Crippen LogP contribution in [-0.2, 0) is 26.6 Å². The molecule has 0 fully saturated rings. The van der Waals surface area contributed by atoms with Crippen LogP contribution in [0.25, 0.3) is 0 Å². The van der Waals surface area contributed by atoms with E-state index in [1.54, 1.807) is 0 Å². The fourth-order valence-corrected chi connectivity index (χ4v) is 2.69. The molecule has 5 nitrogen and oxygen atoms in total. The molecule has 2 aromatic rings. The molecule has 0 atom stereocenters. The quantitative estimate of drug-likeness (QED) is 0.922. The number of imidazole rings is 1. The van der Waals surface area contributed by atoms with Gasteiger partial charge in [0.05, 0.1) is 6.61 Å². The van der Waals surface area contributed by atoms with Gasteiger partial charge >= 0.3 is 0 Å². The third-order valence-electron chi connectivity index (χ3n) is 3.94. The van der Waals surface area contributed by atoms with Crippen LogP contribution in [-0.4, -0.2) is 39.3 Å². The number of aliphatic hydroxyl groups is 1. The summed E-state index contributed by atoms with van der Waals surface area (Å²) in [6.45, 7) is 3.49. The highest BCUT2D eigenvalue weighted by Crippen LogP contribution is 2.24. The van der Waals surface area contributed by atoms with Crippen molar-refractivity contribution in [2.45, 2.75) is 19.6 Å². The average molecular weight is 287 g/mol. The van der Waals surface area contributed by atoms with Crippen LogP contribution in [0, 0.1) is 0 Å². The molecule has 0 saturated heterocycles. The van der Waals surface area contributed by atoms with Gasteiger partial charge in [0, 0.05) is 51.1 Å². The van der Waals surface area contributed by atoms with E-state index in [-0.39, 0.29) is 6.61 Å². The monoisotopic (exact) mass is 287 g/mol. The van der Waals surface area contributed by atoms with Crippen LogP contribution in [0.5, 0.6) is 5.75 Å². The van der Waals surface area contributed by atoms with Crippen LogP contribution in [0.15, 0.2) is 30.6 Å². The summed E-state index contributed by atoms with van der Waals surface area (Å²) >= 11 is 0. The van der Waals surface area contributed by atoms with Crippen LogP contribution in [0.4, 0.5) is 0 Å². The summed E-state index contributed by atoms with van der Waals surface area (Å²) in [7, 11) is 2.02. The van der Waals surface area contributed by atoms with Gasteiger partial charge < -0.3 is 14.4 Å². The number of benzene rings is 1. The van der Waals surface area contributed by atoms with Gasteiger partial charge in [-0.3, -0.25) is 4.90 Å². The van der Waals surface area contributed by atoms with Crippen molar-refractivity contribution in [3.05, 3.63) is 47.5 Å². The summed E-state index contributed by atoms with van der Waals surface area (Å²) in [5.74, 6) is 2.04. The minimum Gasteiger partial charge on any atom is -0.492 e. The number of aliphatic hydroxyl groups excluding tert-OH is 1. The number of nitrogens with zero attached hydrogens (tertiary/aromatic N) is 3. The van der Waals surface area contributed by atoms with Crippen molar-refractivity contribution in [3.8, 4) is 5.75 Å². The molecule has 1 N–H and O–H groups in total. The molecule has 1 aliphatic rings. The maximum absolute atomic E-state index is 9.27. The molecular weight excluding hydrogens is 266 g/mol. The molecule has 5 heteroatoms. The molecule has 0 saturated carbocycles. The van der Waals surface area contributed by atoms with Crippen LogP contribution in [0.1, 0.15) is 17.0 Å². The molecule has 21 heavy (non-hydrogen) atoms. The Bertz CT molecular complexity index is 609. The van der Waals surface area contributed by atoms with Crippen molar-refractivity contribution < 1.29 is 9.84 Å². The van der Waals surface area contributed by atoms with E-state index in [4.69, 9.17) is 4.74 Å². The Labute approximate surface area is 124 Å². The summed E-state index contributed by atoms with van der Waals surface area (Å²) in [5.41, 5.74) is 2.09. The maximum atomic E-state index is 9.27. The minimum absolute atomic E-state index is 0.0700. The molecule has 0 unspecified atom stereocenters. The van der Waals surface area contributed by atoms with Crippen LogP contribution < -0.4 is 4.74 Å². The Morgan fingerprint density at radius 1 is 1.38 bits per heavy atom. The molecule has 1 aromatic carbocycles. The highest BCUT2D eigenvalue weighted by molar-refractivity contribution is 5.37. The van der Waals surface area contributed by atoms with Gasteiger partial charge in [-0.2, -0.15) is 0 Å². The predicted molar refractivity (Wildman–Crippen MR) is 80.0 cm³/mol. The van der Waals surface area contributed by atoms with Crippen LogP contribution in [0.3, 0.4) is 0 Å². The van der Waals surface area contributed by atoms with E-state index in [9.17, 15) is 5.11 Å². The molecule has 3 rings (SSSR count). The van der Waals surface area contributed by atoms with Gasteiger partial charge in [0.2, 0.25) is 0 Å². The van der Waals surface area contributed by atoms with E-state index >= 15 is 0 Å². The predicted octanol–water partition coefficient (Wildman–Crippen LogP) is 1.35. The van der Waals surface area contributed by atoms with E-state index in [1.165, 1.54) is 0 Å². The van der Waals surface area contributed by atoms with Crippen LogP contribution in [0.2, 0.25) is 0 Å². The fraction of sp³-hybridized carbons (Fsp3) is 0.438. The van der Waals surface area contributed by atoms with Crippen molar-refractivity contribution in [3.63, 3.8) is 0 Å². The Kier molecular flexibility index (Phi) is 4.22. The van der Waals surface area contributed by atoms with Crippen molar-refractivity contribution in [1.82, 2.24) is 14.5 Å². The summed E-state index contributed by atoms with van der Waals surface area (Å²) in [6.07, 6.45) is 4.74. The van der Waals surface area contributed by atoms with E-state index in [0.717, 1.165) is 48.8 Å². The van der Waals surface area contributed by atoms with E-state index < -0.39 is 0 Å². The second-order valence-electron chi connectivity index (χ2n) is 5.43. The van der Waals surface area contributed by atoms with E-state index in [1.807, 2.05) is 37.6 Å². The van der Waals surface area contributed by atoms with Gasteiger partial charge in [0.15, 0.2) is 0 Å². The normalized spacial score (nSPS) is 15.3. The molecule has 1 aromatic heterocycles. The molecule has 0 aliphatic carbocycles. The first kappa shape index (κ1) is 14.1. The fourth-order valence-electron chi connectivity index (χ4n) is 2.69. The lowest BCUT2D eigenvalue weighted by atomic mass is 10.1. The molecule has 0 spiro atoms. The first-order valence-corrected chi connectivity index (χ1v) is 7.30. The number of hydrogen-bond acceptors (Lipinski definition) is 4. The third-order valence-corrected chi connectivity index (χ3v) is 3.94. The van der Waals surface area contributed by atoms with Crippen molar-refractivity contribution in [1.29, 1.82) is 0 Å². The largest absolute Gasteiger partial charge is 0.492 e. The first-order valence-electron chi connectivity index (χ1n) is 7.30. The Morgan fingerprint density at radius 3 is 3.05 bits per heavy atom. The molecule has 0 amide bonds. The number of fused-ring (bicyclic) bond motifs is 1. The summed E-state index contributed by atoms with van der Waals surface area (Å²) in [4.78, 5) is 6.74. The first-order chi connectivity index (χ1) is 10.3. The van der Waals surface area contributed by atoms with Crippen LogP contribution >= 0.6 is 0 Å². The number of ether oxygens (including phenoxy) is 1. The van der Waals surface area contributed by atoms with Gasteiger partial charge in [-0.25, -0.2) is 4.98 Å². The molecule has 112 valence electrons. The second-order valence-corrected chi connectivity index (χ2v) is 5.43. The van der Waals surface area contributed by atoms with Gasteiger partial charge in [0.25, 0.3) is 0 Å². The lowest BCUT2D eigenvalue weighted by Gasteiger charge is -2.19. The summed E-state index contributed by atoms with van der Waals surface area (Å²) in [6, 6.07) is 5.92. The van der Waals surface area contributed by atoms with Crippen molar-refractivity contribution >= 4 is 0 Å². The lowest BCUT2D eigenvalue weighted by molar-refractivity contribution is 0.226. The SMILES string of the molecule is Cn1ccnc1CCN1CCOc2ccc(CO)cc2C1. The Hall–Kier alpha value is -1.85. The summed E-state index contributed by atoms with van der Waals surface area (Å²) < 4.78 is 7.86. The summed E-state index contributed by atoms with van der Waals surface area (Å²) in [5, 5.41) is 9.27. The number of hydrogen-bond donors (Lipinski definition) is 1. The third kappa shape index (κ3) is 3.25. The zero-order valence-electron chi connectivity index (χ0n) is 12.3. The zero-order valence-corrected chi connectivity index (χ0v) is 12.3. The smallest absolute Gasteiger partial charge is 0.123 e. The van der Waals surface area contributed by atoms with E-state index in [0.29, 0.717) is 6.61 Å². The minimum atomic E-state index is 0.0700. The van der Waals surface area contributed by atoms with E-state index in [2.05, 4.69) is 14.5 Å². The lowest BCUT2D eigenvalue weighted by Crippen LogP contribution is -2.28. The standard InChI is InChI=1S/C16H21N3O2/c1-18-7-5-17-16(18)4-6-19-8-9-21-15-3-2-13(12-20)10-14(15)11-19/h2-3,5,7,10,20H,4,6,8-9,11-12H2,1H3. The average Bonchev–Trinajstić information content (AvgIpc) is 2.80. The van der Waals surface area contributed by atoms with Gasteiger partial charge in [-0.1, -0.05) is 6.07 Å². The topological polar surface area (TPSA) is 50.5 Å². The Morgan fingerprint density at radius 2 is 2.29 bits per heavy atom. The van der Waals surface area contributed by atoms with Gasteiger partial charge in [-0.15, -0.1) is 0 Å². The second kappa shape index (κ2) is 6.28. The maximum Gasteiger partial charge on any atom is 0.123 e. The van der Waals surface area contributed by atoms with Gasteiger partial charge in [-0.05, 0) is 17.7 Å².